The van der Waals surface area contributed by atoms with Crippen LogP contribution in [0.3, 0.4) is 0 Å². The van der Waals surface area contributed by atoms with Gasteiger partial charge < -0.3 is 0 Å². The van der Waals surface area contributed by atoms with Crippen molar-refractivity contribution >= 4 is 0 Å². The van der Waals surface area contributed by atoms with E-state index in [9.17, 15) is 5.26 Å². The van der Waals surface area contributed by atoms with Crippen LogP contribution >= 0.6 is 0 Å². The maximum Gasteiger partial charge on any atom is 0.0662 e. The van der Waals surface area contributed by atoms with E-state index in [2.05, 4.69) is 44.2 Å². The topological polar surface area (TPSA) is 23.8 Å². The predicted molar refractivity (Wildman–Crippen MR) is 121 cm³/mol. The number of hydrogen-bond acceptors (Lipinski definition) is 1. The molecule has 1 aliphatic carbocycles. The predicted octanol–water partition coefficient (Wildman–Crippen LogP) is 8.27. The molecule has 28 heavy (non-hydrogen) atoms. The van der Waals surface area contributed by atoms with Gasteiger partial charge >= 0.3 is 0 Å². The Morgan fingerprint density at radius 3 is 2.07 bits per heavy atom. The van der Waals surface area contributed by atoms with Crippen LogP contribution in [0.4, 0.5) is 0 Å². The number of unbranched alkanes of at least 4 members (excludes halogenated alkanes) is 6. The van der Waals surface area contributed by atoms with Crippen LogP contribution in [0.15, 0.2) is 24.3 Å². The van der Waals surface area contributed by atoms with E-state index in [0.717, 1.165) is 12.3 Å². The molecule has 1 unspecified atom stereocenters. The molecule has 1 heteroatoms. The summed E-state index contributed by atoms with van der Waals surface area (Å²) in [7, 11) is 0. The molecule has 156 valence electrons. The van der Waals surface area contributed by atoms with Gasteiger partial charge in [0.1, 0.15) is 0 Å². The molecular formula is C27H43N. The van der Waals surface area contributed by atoms with E-state index in [1.807, 2.05) is 0 Å². The molecule has 1 atom stereocenters. The first-order valence-electron chi connectivity index (χ1n) is 12.2. The Morgan fingerprint density at radius 2 is 1.43 bits per heavy atom. The quantitative estimate of drug-likeness (QED) is 0.315. The zero-order valence-electron chi connectivity index (χ0n) is 18.6. The molecule has 0 aromatic heterocycles. The fourth-order valence-electron chi connectivity index (χ4n) is 4.91. The van der Waals surface area contributed by atoms with Crippen molar-refractivity contribution in [3.05, 3.63) is 35.4 Å². The van der Waals surface area contributed by atoms with Gasteiger partial charge in [-0.15, -0.1) is 0 Å². The van der Waals surface area contributed by atoms with Crippen LogP contribution in [0.2, 0.25) is 0 Å². The molecule has 1 aromatic carbocycles. The largest absolute Gasteiger partial charge is 0.198 e. The van der Waals surface area contributed by atoms with Gasteiger partial charge in [0.15, 0.2) is 0 Å². The average molecular weight is 382 g/mol. The van der Waals surface area contributed by atoms with Gasteiger partial charge in [0.2, 0.25) is 0 Å². The molecule has 1 fully saturated rings. The average Bonchev–Trinajstić information content (AvgIpc) is 2.74. The van der Waals surface area contributed by atoms with E-state index >= 15 is 0 Å². The standard InChI is InChI=1S/C27H43N/c1-3-5-7-8-10-12-24-17-19-26(20-18-24)27(22-28)21-25-15-13-23(14-16-25)11-9-6-4-2/h13-16,24,26-27H,3-12,17-21H2,1-2H3. The molecule has 0 bridgehead atoms. The lowest BCUT2D eigenvalue weighted by atomic mass is 9.73. The van der Waals surface area contributed by atoms with Crippen molar-refractivity contribution in [2.45, 2.75) is 110 Å². The van der Waals surface area contributed by atoms with Crippen LogP contribution in [0, 0.1) is 29.1 Å². The Hall–Kier alpha value is -1.29. The van der Waals surface area contributed by atoms with Gasteiger partial charge in [-0.2, -0.15) is 5.26 Å². The molecule has 1 saturated carbocycles. The molecule has 0 radical (unpaired) electrons. The van der Waals surface area contributed by atoms with Crippen LogP contribution in [0.1, 0.15) is 108 Å². The Labute approximate surface area is 174 Å². The Morgan fingerprint density at radius 1 is 0.821 bits per heavy atom. The molecule has 0 saturated heterocycles. The molecule has 1 aliphatic rings. The third-order valence-corrected chi connectivity index (χ3v) is 6.89. The Balaban J connectivity index is 1.71. The molecule has 0 aliphatic heterocycles. The smallest absolute Gasteiger partial charge is 0.0662 e. The number of aryl methyl sites for hydroxylation is 1. The van der Waals surface area contributed by atoms with Gasteiger partial charge in [-0.25, -0.2) is 0 Å². The minimum Gasteiger partial charge on any atom is -0.198 e. The third-order valence-electron chi connectivity index (χ3n) is 6.89. The highest BCUT2D eigenvalue weighted by Crippen LogP contribution is 2.37. The summed E-state index contributed by atoms with van der Waals surface area (Å²) in [4.78, 5) is 0. The number of nitrogens with zero attached hydrogens (tertiary/aromatic N) is 1. The Kier molecular flexibility index (Phi) is 11.3. The summed E-state index contributed by atoms with van der Waals surface area (Å²) in [6.07, 6.45) is 19.7. The molecule has 1 aromatic rings. The molecule has 2 rings (SSSR count). The van der Waals surface area contributed by atoms with Crippen LogP contribution in [-0.2, 0) is 12.8 Å². The number of nitriles is 1. The van der Waals surface area contributed by atoms with Crippen molar-refractivity contribution in [2.24, 2.45) is 17.8 Å². The van der Waals surface area contributed by atoms with Crippen molar-refractivity contribution in [2.75, 3.05) is 0 Å². The SMILES string of the molecule is CCCCCCCC1CCC(C(C#N)Cc2ccc(CCCCC)cc2)CC1. The first-order chi connectivity index (χ1) is 13.8. The van der Waals surface area contributed by atoms with Crippen LogP contribution in [0.25, 0.3) is 0 Å². The van der Waals surface area contributed by atoms with E-state index in [1.165, 1.54) is 101 Å². The van der Waals surface area contributed by atoms with E-state index in [1.54, 1.807) is 0 Å². The molecule has 0 amide bonds. The summed E-state index contributed by atoms with van der Waals surface area (Å²) in [6, 6.07) is 11.8. The summed E-state index contributed by atoms with van der Waals surface area (Å²) < 4.78 is 0. The normalized spacial score (nSPS) is 20.6. The van der Waals surface area contributed by atoms with Crippen LogP contribution < -0.4 is 0 Å². The second-order valence-electron chi connectivity index (χ2n) is 9.20. The maximum atomic E-state index is 9.78. The van der Waals surface area contributed by atoms with Crippen molar-refractivity contribution in [3.8, 4) is 6.07 Å². The Bertz CT molecular complexity index is 545. The monoisotopic (exact) mass is 381 g/mol. The van der Waals surface area contributed by atoms with Gasteiger partial charge in [-0.05, 0) is 55.1 Å². The van der Waals surface area contributed by atoms with Crippen molar-refractivity contribution in [1.29, 1.82) is 5.26 Å². The molecule has 0 N–H and O–H groups in total. The second kappa shape index (κ2) is 13.8. The van der Waals surface area contributed by atoms with E-state index in [4.69, 9.17) is 0 Å². The zero-order chi connectivity index (χ0) is 20.0. The van der Waals surface area contributed by atoms with Crippen LogP contribution in [-0.4, -0.2) is 0 Å². The summed E-state index contributed by atoms with van der Waals surface area (Å²) in [5, 5.41) is 9.78. The van der Waals surface area contributed by atoms with Gasteiger partial charge in [0.25, 0.3) is 0 Å². The van der Waals surface area contributed by atoms with Crippen molar-refractivity contribution in [3.63, 3.8) is 0 Å². The first-order valence-corrected chi connectivity index (χ1v) is 12.2. The highest BCUT2D eigenvalue weighted by Gasteiger charge is 2.27. The zero-order valence-corrected chi connectivity index (χ0v) is 18.6. The summed E-state index contributed by atoms with van der Waals surface area (Å²) in [5.74, 6) is 1.75. The number of rotatable bonds is 13. The molecule has 0 heterocycles. The molecule has 0 spiro atoms. The third kappa shape index (κ3) is 8.38. The highest BCUT2D eigenvalue weighted by molar-refractivity contribution is 5.24. The van der Waals surface area contributed by atoms with E-state index in [-0.39, 0.29) is 5.92 Å². The lowest BCUT2D eigenvalue weighted by molar-refractivity contribution is 0.220. The van der Waals surface area contributed by atoms with Crippen LogP contribution in [0.5, 0.6) is 0 Å². The fraction of sp³-hybridized carbons (Fsp3) is 0.741. The van der Waals surface area contributed by atoms with E-state index in [0.29, 0.717) is 5.92 Å². The summed E-state index contributed by atoms with van der Waals surface area (Å²) in [6.45, 7) is 4.54. The summed E-state index contributed by atoms with van der Waals surface area (Å²) in [5.41, 5.74) is 2.80. The van der Waals surface area contributed by atoms with Crippen molar-refractivity contribution < 1.29 is 0 Å². The van der Waals surface area contributed by atoms with Gasteiger partial charge in [-0.3, -0.25) is 0 Å². The fourth-order valence-corrected chi connectivity index (χ4v) is 4.91. The van der Waals surface area contributed by atoms with E-state index < -0.39 is 0 Å². The minimum absolute atomic E-state index is 0.205. The second-order valence-corrected chi connectivity index (χ2v) is 9.20. The number of hydrogen-bond donors (Lipinski definition) is 0. The molecule has 1 nitrogen and oxygen atoms in total. The van der Waals surface area contributed by atoms with Gasteiger partial charge in [-0.1, -0.05) is 102 Å². The number of benzene rings is 1. The van der Waals surface area contributed by atoms with Gasteiger partial charge in [0.05, 0.1) is 12.0 Å². The first kappa shape index (κ1) is 23.0. The lowest BCUT2D eigenvalue weighted by Gasteiger charge is -2.31. The minimum atomic E-state index is 0.205. The highest BCUT2D eigenvalue weighted by atomic mass is 14.4. The van der Waals surface area contributed by atoms with Gasteiger partial charge in [0, 0.05) is 0 Å². The molecular weight excluding hydrogens is 338 g/mol. The van der Waals surface area contributed by atoms with Crippen molar-refractivity contribution in [1.82, 2.24) is 0 Å². The lowest BCUT2D eigenvalue weighted by Crippen LogP contribution is -2.22. The maximum absolute atomic E-state index is 9.78. The summed E-state index contributed by atoms with van der Waals surface area (Å²) >= 11 is 0.